The summed E-state index contributed by atoms with van der Waals surface area (Å²) in [7, 11) is 1.62. The van der Waals surface area contributed by atoms with Gasteiger partial charge in [-0.25, -0.2) is 9.78 Å². The Hall–Kier alpha value is -3.09. The molecular weight excluding hydrogens is 332 g/mol. The molecule has 0 atom stereocenters. The lowest BCUT2D eigenvalue weighted by molar-refractivity contribution is -0.131. The fourth-order valence-electron chi connectivity index (χ4n) is 2.55. The van der Waals surface area contributed by atoms with E-state index >= 15 is 0 Å². The molecule has 0 aliphatic heterocycles. The summed E-state index contributed by atoms with van der Waals surface area (Å²) in [6, 6.07) is 7.65. The lowest BCUT2D eigenvalue weighted by Gasteiger charge is -2.15. The van der Waals surface area contributed by atoms with Crippen LogP contribution in [-0.2, 0) is 11.2 Å². The van der Waals surface area contributed by atoms with Gasteiger partial charge in [0.2, 0.25) is 5.95 Å². The third-order valence-corrected chi connectivity index (χ3v) is 3.82. The number of ether oxygens (including phenoxy) is 1. The van der Waals surface area contributed by atoms with Gasteiger partial charge in [0.1, 0.15) is 11.6 Å². The Morgan fingerprint density at radius 2 is 2.12 bits per heavy atom. The van der Waals surface area contributed by atoms with Gasteiger partial charge < -0.3 is 20.9 Å². The van der Waals surface area contributed by atoms with Gasteiger partial charge in [-0.1, -0.05) is 31.5 Å². The SMILES string of the molecule is CCCCNc1nc(N)nc(/C=C/C(=O)O)c1Cc1ccccc1OC. The zero-order chi connectivity index (χ0) is 18.9. The molecule has 0 fully saturated rings. The normalized spacial score (nSPS) is 10.8. The van der Waals surface area contributed by atoms with Gasteiger partial charge in [-0.05, 0) is 24.1 Å². The summed E-state index contributed by atoms with van der Waals surface area (Å²) in [5.74, 6) is 0.405. The van der Waals surface area contributed by atoms with Gasteiger partial charge in [0, 0.05) is 24.6 Å². The minimum atomic E-state index is -1.05. The number of carboxylic acid groups (broad SMARTS) is 1. The van der Waals surface area contributed by atoms with Crippen molar-refractivity contribution in [3.8, 4) is 5.75 Å². The fraction of sp³-hybridized carbons (Fsp3) is 0.316. The molecule has 7 nitrogen and oxygen atoms in total. The van der Waals surface area contributed by atoms with E-state index in [2.05, 4.69) is 22.2 Å². The molecular formula is C19H24N4O3. The van der Waals surface area contributed by atoms with Crippen molar-refractivity contribution in [1.29, 1.82) is 0 Å². The van der Waals surface area contributed by atoms with E-state index in [-0.39, 0.29) is 5.95 Å². The number of carbonyl (C=O) groups is 1. The number of para-hydroxylation sites is 1. The molecule has 1 aromatic carbocycles. The van der Waals surface area contributed by atoms with Crippen molar-refractivity contribution in [2.45, 2.75) is 26.2 Å². The maximum atomic E-state index is 10.9. The van der Waals surface area contributed by atoms with Crippen LogP contribution in [0.3, 0.4) is 0 Å². The molecule has 1 aromatic heterocycles. The lowest BCUT2D eigenvalue weighted by Crippen LogP contribution is -2.12. The largest absolute Gasteiger partial charge is 0.496 e. The summed E-state index contributed by atoms with van der Waals surface area (Å²) in [6.07, 6.45) is 5.00. The second kappa shape index (κ2) is 9.41. The van der Waals surface area contributed by atoms with Crippen molar-refractivity contribution >= 4 is 23.8 Å². The van der Waals surface area contributed by atoms with Crippen LogP contribution in [0, 0.1) is 0 Å². The number of nitrogens with zero attached hydrogens (tertiary/aromatic N) is 2. The Labute approximate surface area is 152 Å². The highest BCUT2D eigenvalue weighted by Crippen LogP contribution is 2.27. The second-order valence-corrected chi connectivity index (χ2v) is 5.73. The van der Waals surface area contributed by atoms with Crippen LogP contribution < -0.4 is 15.8 Å². The Morgan fingerprint density at radius 1 is 1.35 bits per heavy atom. The fourth-order valence-corrected chi connectivity index (χ4v) is 2.55. The summed E-state index contributed by atoms with van der Waals surface area (Å²) in [5, 5.41) is 12.2. The van der Waals surface area contributed by atoms with Crippen molar-refractivity contribution in [3.63, 3.8) is 0 Å². The summed E-state index contributed by atoms with van der Waals surface area (Å²) < 4.78 is 5.42. The first-order valence-electron chi connectivity index (χ1n) is 8.48. The second-order valence-electron chi connectivity index (χ2n) is 5.73. The molecule has 0 aliphatic carbocycles. The quantitative estimate of drug-likeness (QED) is 0.468. The van der Waals surface area contributed by atoms with Gasteiger partial charge in [0.15, 0.2) is 0 Å². The van der Waals surface area contributed by atoms with Crippen LogP contribution in [-0.4, -0.2) is 34.7 Å². The van der Waals surface area contributed by atoms with Crippen LogP contribution in [0.25, 0.3) is 6.08 Å². The van der Waals surface area contributed by atoms with Crippen molar-refractivity contribution in [3.05, 3.63) is 47.2 Å². The van der Waals surface area contributed by atoms with Crippen LogP contribution in [0.4, 0.5) is 11.8 Å². The molecule has 0 amide bonds. The third kappa shape index (κ3) is 5.20. The van der Waals surface area contributed by atoms with Gasteiger partial charge in [-0.15, -0.1) is 0 Å². The smallest absolute Gasteiger partial charge is 0.328 e. The van der Waals surface area contributed by atoms with Crippen molar-refractivity contribution in [2.24, 2.45) is 0 Å². The van der Waals surface area contributed by atoms with E-state index in [0.29, 0.717) is 17.9 Å². The van der Waals surface area contributed by atoms with Crippen molar-refractivity contribution < 1.29 is 14.6 Å². The van der Waals surface area contributed by atoms with Crippen LogP contribution in [0.1, 0.15) is 36.6 Å². The maximum absolute atomic E-state index is 10.9. The molecule has 2 aromatic rings. The first kappa shape index (κ1) is 19.2. The number of hydrogen-bond donors (Lipinski definition) is 3. The number of anilines is 2. The number of methoxy groups -OCH3 is 1. The molecule has 26 heavy (non-hydrogen) atoms. The minimum Gasteiger partial charge on any atom is -0.496 e. The molecule has 1 heterocycles. The van der Waals surface area contributed by atoms with E-state index in [1.165, 1.54) is 6.08 Å². The Kier molecular flexibility index (Phi) is 6.96. The molecule has 2 rings (SSSR count). The summed E-state index contributed by atoms with van der Waals surface area (Å²) in [6.45, 7) is 2.85. The summed E-state index contributed by atoms with van der Waals surface area (Å²) in [4.78, 5) is 19.5. The zero-order valence-corrected chi connectivity index (χ0v) is 15.0. The average molecular weight is 356 g/mol. The molecule has 138 valence electrons. The predicted octanol–water partition coefficient (Wildman–Crippen LogP) is 2.97. The highest BCUT2D eigenvalue weighted by Gasteiger charge is 2.15. The van der Waals surface area contributed by atoms with Gasteiger partial charge in [-0.2, -0.15) is 4.98 Å². The van der Waals surface area contributed by atoms with Crippen LogP contribution in [0.2, 0.25) is 0 Å². The number of hydrogen-bond acceptors (Lipinski definition) is 6. The summed E-state index contributed by atoms with van der Waals surface area (Å²) in [5.41, 5.74) is 8.02. The van der Waals surface area contributed by atoms with E-state index < -0.39 is 5.97 Å². The number of carboxylic acids is 1. The lowest BCUT2D eigenvalue weighted by atomic mass is 10.0. The number of rotatable bonds is 9. The Balaban J connectivity index is 2.48. The number of nitrogen functional groups attached to an aromatic ring is 1. The zero-order valence-electron chi connectivity index (χ0n) is 15.0. The molecule has 0 aliphatic rings. The van der Waals surface area contributed by atoms with E-state index in [4.69, 9.17) is 15.6 Å². The van der Waals surface area contributed by atoms with E-state index in [0.717, 1.165) is 42.3 Å². The Morgan fingerprint density at radius 3 is 2.81 bits per heavy atom. The molecule has 0 saturated heterocycles. The molecule has 4 N–H and O–H groups in total. The van der Waals surface area contributed by atoms with E-state index in [9.17, 15) is 4.79 Å². The average Bonchev–Trinajstić information content (AvgIpc) is 2.62. The van der Waals surface area contributed by atoms with Crippen LogP contribution in [0.5, 0.6) is 5.75 Å². The highest BCUT2D eigenvalue weighted by atomic mass is 16.5. The number of aliphatic carboxylic acids is 1. The van der Waals surface area contributed by atoms with Crippen molar-refractivity contribution in [2.75, 3.05) is 24.7 Å². The predicted molar refractivity (Wildman–Crippen MR) is 102 cm³/mol. The molecule has 7 heteroatoms. The molecule has 0 radical (unpaired) electrons. The molecule has 0 bridgehead atoms. The Bertz CT molecular complexity index is 790. The molecule has 0 spiro atoms. The van der Waals surface area contributed by atoms with Crippen molar-refractivity contribution in [1.82, 2.24) is 9.97 Å². The maximum Gasteiger partial charge on any atom is 0.328 e. The van der Waals surface area contributed by atoms with Crippen LogP contribution >= 0.6 is 0 Å². The topological polar surface area (TPSA) is 110 Å². The standard InChI is InChI=1S/C19H24N4O3/c1-3-4-11-21-18-14(12-13-7-5-6-8-16(13)26-2)15(9-10-17(24)25)22-19(20)23-18/h5-10H,3-4,11-12H2,1-2H3,(H,24,25)(H3,20,21,22,23)/b10-9+. The van der Waals surface area contributed by atoms with Gasteiger partial charge >= 0.3 is 5.97 Å². The minimum absolute atomic E-state index is 0.0952. The highest BCUT2D eigenvalue weighted by molar-refractivity contribution is 5.85. The van der Waals surface area contributed by atoms with Gasteiger partial charge in [-0.3, -0.25) is 0 Å². The number of benzene rings is 1. The molecule has 0 saturated carbocycles. The first-order chi connectivity index (χ1) is 12.5. The number of nitrogens with two attached hydrogens (primary N) is 1. The first-order valence-corrected chi connectivity index (χ1v) is 8.48. The van der Waals surface area contributed by atoms with Gasteiger partial charge in [0.25, 0.3) is 0 Å². The van der Waals surface area contributed by atoms with E-state index in [1.807, 2.05) is 24.3 Å². The summed E-state index contributed by atoms with van der Waals surface area (Å²) >= 11 is 0. The number of unbranched alkanes of at least 4 members (excludes halogenated alkanes) is 1. The van der Waals surface area contributed by atoms with Gasteiger partial charge in [0.05, 0.1) is 12.8 Å². The monoisotopic (exact) mass is 356 g/mol. The molecule has 0 unspecified atom stereocenters. The van der Waals surface area contributed by atoms with Crippen LogP contribution in [0.15, 0.2) is 30.3 Å². The number of aromatic nitrogens is 2. The van der Waals surface area contributed by atoms with E-state index in [1.54, 1.807) is 7.11 Å². The third-order valence-electron chi connectivity index (χ3n) is 3.82. The number of nitrogens with one attached hydrogen (secondary N) is 1.